The molecule has 1 saturated heterocycles. The van der Waals surface area contributed by atoms with Crippen LogP contribution < -0.4 is 9.62 Å². The third-order valence-electron chi connectivity index (χ3n) is 5.12. The lowest BCUT2D eigenvalue weighted by molar-refractivity contribution is -0.116. The minimum absolute atomic E-state index is 0.172. The van der Waals surface area contributed by atoms with Gasteiger partial charge in [0, 0.05) is 30.7 Å². The Kier molecular flexibility index (Phi) is 5.81. The van der Waals surface area contributed by atoms with Crippen molar-refractivity contribution in [3.63, 3.8) is 0 Å². The first-order chi connectivity index (χ1) is 14.5. The molecular formula is C23H23N3O3S. The molecule has 0 saturated carbocycles. The number of fused-ring (bicyclic) bond motifs is 1. The number of carbonyl (C=O) groups is 1. The van der Waals surface area contributed by atoms with Gasteiger partial charge in [-0.05, 0) is 48.2 Å². The first-order valence-corrected chi connectivity index (χ1v) is 11.5. The topological polar surface area (TPSA) is 79.4 Å². The van der Waals surface area contributed by atoms with Crippen molar-refractivity contribution in [3.05, 3.63) is 78.0 Å². The van der Waals surface area contributed by atoms with E-state index in [4.69, 9.17) is 0 Å². The predicted molar refractivity (Wildman–Crippen MR) is 120 cm³/mol. The zero-order valence-electron chi connectivity index (χ0n) is 16.5. The molecule has 0 unspecified atom stereocenters. The molecule has 7 heteroatoms. The van der Waals surface area contributed by atoms with E-state index in [0.29, 0.717) is 31.6 Å². The molecule has 30 heavy (non-hydrogen) atoms. The number of sulfonamides is 1. The number of nitrogens with one attached hydrogen (secondary N) is 1. The summed E-state index contributed by atoms with van der Waals surface area (Å²) in [5, 5.41) is 3.98. The van der Waals surface area contributed by atoms with Crippen LogP contribution in [-0.2, 0) is 21.2 Å². The van der Waals surface area contributed by atoms with Crippen LogP contribution in [-0.4, -0.2) is 38.2 Å². The fourth-order valence-electron chi connectivity index (χ4n) is 3.60. The second-order valence-corrected chi connectivity index (χ2v) is 9.21. The number of carbonyl (C=O) groups excluding carboxylic acids is 1. The van der Waals surface area contributed by atoms with E-state index >= 15 is 0 Å². The summed E-state index contributed by atoms with van der Waals surface area (Å²) in [5.74, 6) is 0.0262. The molecule has 0 bridgehead atoms. The smallest absolute Gasteiger partial charge is 0.244 e. The molecule has 1 aliphatic heterocycles. The summed E-state index contributed by atoms with van der Waals surface area (Å²) in [4.78, 5) is 16.6. The highest BCUT2D eigenvalue weighted by atomic mass is 32.2. The van der Waals surface area contributed by atoms with Crippen LogP contribution in [0.2, 0.25) is 0 Å². The van der Waals surface area contributed by atoms with Crippen molar-refractivity contribution >= 4 is 38.6 Å². The number of aromatic nitrogens is 1. The van der Waals surface area contributed by atoms with Gasteiger partial charge in [-0.3, -0.25) is 14.1 Å². The van der Waals surface area contributed by atoms with Crippen LogP contribution in [0.25, 0.3) is 17.0 Å². The molecule has 2 aromatic carbocycles. The molecule has 6 nitrogen and oxygen atoms in total. The van der Waals surface area contributed by atoms with Crippen molar-refractivity contribution in [1.29, 1.82) is 0 Å². The molecule has 1 N–H and O–H groups in total. The molecular weight excluding hydrogens is 398 g/mol. The van der Waals surface area contributed by atoms with Crippen molar-refractivity contribution in [3.8, 4) is 0 Å². The zero-order valence-corrected chi connectivity index (χ0v) is 17.3. The molecule has 0 spiro atoms. The van der Waals surface area contributed by atoms with Gasteiger partial charge in [0.2, 0.25) is 15.9 Å². The number of nitrogens with zero attached hydrogens (tertiary/aromatic N) is 2. The highest BCUT2D eigenvalue weighted by Crippen LogP contribution is 2.24. The van der Waals surface area contributed by atoms with Gasteiger partial charge in [0.1, 0.15) is 0 Å². The van der Waals surface area contributed by atoms with Crippen LogP contribution in [0, 0.1) is 0 Å². The van der Waals surface area contributed by atoms with Crippen molar-refractivity contribution in [2.75, 3.05) is 23.1 Å². The van der Waals surface area contributed by atoms with E-state index in [-0.39, 0.29) is 11.7 Å². The quantitative estimate of drug-likeness (QED) is 0.620. The van der Waals surface area contributed by atoms with E-state index in [1.54, 1.807) is 24.4 Å². The number of pyridine rings is 1. The number of amides is 1. The molecule has 1 aromatic heterocycles. The van der Waals surface area contributed by atoms with Crippen LogP contribution in [0.4, 0.5) is 5.69 Å². The van der Waals surface area contributed by atoms with Gasteiger partial charge >= 0.3 is 0 Å². The summed E-state index contributed by atoms with van der Waals surface area (Å²) >= 11 is 0. The summed E-state index contributed by atoms with van der Waals surface area (Å²) in [7, 11) is -3.18. The number of hydrogen-bond donors (Lipinski definition) is 1. The summed E-state index contributed by atoms with van der Waals surface area (Å²) in [6.07, 6.45) is 6.34. The lowest BCUT2D eigenvalue weighted by Gasteiger charge is -2.16. The maximum Gasteiger partial charge on any atom is 0.244 e. The molecule has 1 aliphatic rings. The Balaban J connectivity index is 1.32. The highest BCUT2D eigenvalue weighted by Gasteiger charge is 2.28. The van der Waals surface area contributed by atoms with Crippen LogP contribution >= 0.6 is 0 Å². The van der Waals surface area contributed by atoms with E-state index < -0.39 is 10.0 Å². The third kappa shape index (κ3) is 4.52. The van der Waals surface area contributed by atoms with Gasteiger partial charge in [-0.25, -0.2) is 8.42 Å². The fourth-order valence-corrected chi connectivity index (χ4v) is 5.17. The molecule has 154 valence electrons. The van der Waals surface area contributed by atoms with E-state index in [0.717, 1.165) is 22.0 Å². The van der Waals surface area contributed by atoms with E-state index in [1.807, 2.05) is 42.5 Å². The summed E-state index contributed by atoms with van der Waals surface area (Å²) in [6, 6.07) is 17.2. The number of rotatable bonds is 6. The fraction of sp³-hybridized carbons (Fsp3) is 0.217. The van der Waals surface area contributed by atoms with Crippen molar-refractivity contribution in [2.24, 2.45) is 0 Å². The number of benzene rings is 2. The van der Waals surface area contributed by atoms with Gasteiger partial charge in [0.15, 0.2) is 0 Å². The first-order valence-electron chi connectivity index (χ1n) is 9.92. The van der Waals surface area contributed by atoms with E-state index in [1.165, 1.54) is 10.4 Å². The highest BCUT2D eigenvalue weighted by molar-refractivity contribution is 7.93. The molecule has 4 rings (SSSR count). The number of hydrogen-bond acceptors (Lipinski definition) is 4. The average Bonchev–Trinajstić information content (AvgIpc) is 3.12. The van der Waals surface area contributed by atoms with Crippen LogP contribution in [0.3, 0.4) is 0 Å². The zero-order chi connectivity index (χ0) is 21.0. The predicted octanol–water partition coefficient (Wildman–Crippen LogP) is 3.15. The van der Waals surface area contributed by atoms with Crippen molar-refractivity contribution in [2.45, 2.75) is 12.8 Å². The Morgan fingerprint density at radius 1 is 1.10 bits per heavy atom. The lowest BCUT2D eigenvalue weighted by atomic mass is 10.1. The van der Waals surface area contributed by atoms with Gasteiger partial charge in [0.25, 0.3) is 0 Å². The standard InChI is InChI=1S/C23H23N3O3S/c27-22(24-15-13-20-5-1-4-19-6-2-14-25-23(19)20)12-9-18-7-10-21(11-8-18)26-16-3-17-30(26,28)29/h1-2,4-12,14H,3,13,15-17H2,(H,24,27)/b12-9+. The summed E-state index contributed by atoms with van der Waals surface area (Å²) in [6.45, 7) is 1.04. The average molecular weight is 422 g/mol. The normalized spacial score (nSPS) is 15.7. The SMILES string of the molecule is O=C(/C=C/c1ccc(N2CCCS2(=O)=O)cc1)NCCc1cccc2cccnc12. The molecule has 3 aromatic rings. The van der Waals surface area contributed by atoms with Gasteiger partial charge in [-0.1, -0.05) is 36.4 Å². The van der Waals surface area contributed by atoms with Crippen LogP contribution in [0.5, 0.6) is 0 Å². The van der Waals surface area contributed by atoms with Gasteiger partial charge in [-0.2, -0.15) is 0 Å². The van der Waals surface area contributed by atoms with Gasteiger partial charge in [0.05, 0.1) is 17.0 Å². The Bertz CT molecular complexity index is 1180. The monoisotopic (exact) mass is 421 g/mol. The van der Waals surface area contributed by atoms with Gasteiger partial charge < -0.3 is 5.32 Å². The number of anilines is 1. The minimum Gasteiger partial charge on any atom is -0.352 e. The Morgan fingerprint density at radius 3 is 2.67 bits per heavy atom. The molecule has 1 amide bonds. The third-order valence-corrected chi connectivity index (χ3v) is 6.99. The van der Waals surface area contributed by atoms with Crippen LogP contribution in [0.15, 0.2) is 66.9 Å². The lowest BCUT2D eigenvalue weighted by Crippen LogP contribution is -2.24. The minimum atomic E-state index is -3.18. The molecule has 1 fully saturated rings. The maximum atomic E-state index is 12.1. The molecule has 0 radical (unpaired) electrons. The molecule has 0 aliphatic carbocycles. The van der Waals surface area contributed by atoms with Crippen LogP contribution in [0.1, 0.15) is 17.5 Å². The van der Waals surface area contributed by atoms with E-state index in [9.17, 15) is 13.2 Å². The molecule has 0 atom stereocenters. The summed E-state index contributed by atoms with van der Waals surface area (Å²) in [5.41, 5.74) is 3.57. The first kappa shape index (κ1) is 20.1. The largest absolute Gasteiger partial charge is 0.352 e. The Labute approximate surface area is 176 Å². The number of para-hydroxylation sites is 1. The maximum absolute atomic E-state index is 12.1. The van der Waals surface area contributed by atoms with Crippen molar-refractivity contribution < 1.29 is 13.2 Å². The second kappa shape index (κ2) is 8.67. The second-order valence-electron chi connectivity index (χ2n) is 7.20. The van der Waals surface area contributed by atoms with E-state index in [2.05, 4.69) is 10.3 Å². The van der Waals surface area contributed by atoms with Crippen molar-refractivity contribution in [1.82, 2.24) is 10.3 Å². The van der Waals surface area contributed by atoms with Gasteiger partial charge in [-0.15, -0.1) is 0 Å². The Morgan fingerprint density at radius 2 is 1.90 bits per heavy atom. The molecule has 2 heterocycles. The Hall–Kier alpha value is -3.19. The summed E-state index contributed by atoms with van der Waals surface area (Å²) < 4.78 is 25.4.